The summed E-state index contributed by atoms with van der Waals surface area (Å²) in [4.78, 5) is 24.6. The molecule has 2 aromatic rings. The summed E-state index contributed by atoms with van der Waals surface area (Å²) >= 11 is 0. The van der Waals surface area contributed by atoms with Gasteiger partial charge in [-0.3, -0.25) is 4.79 Å². The molecule has 1 atom stereocenters. The molecule has 1 fully saturated rings. The maximum Gasteiger partial charge on any atom is 0.351 e. The van der Waals surface area contributed by atoms with E-state index in [-0.39, 0.29) is 19.0 Å². The van der Waals surface area contributed by atoms with Gasteiger partial charge in [0.25, 0.3) is 0 Å². The summed E-state index contributed by atoms with van der Waals surface area (Å²) in [7, 11) is 0. The number of carbonyl (C=O) groups excluding carboxylic acids is 2. The van der Waals surface area contributed by atoms with E-state index in [0.717, 1.165) is 0 Å². The third-order valence-electron chi connectivity index (χ3n) is 5.43. The summed E-state index contributed by atoms with van der Waals surface area (Å²) in [6.45, 7) is -0.233. The fourth-order valence-corrected chi connectivity index (χ4v) is 3.83. The molecule has 0 radical (unpaired) electrons. The van der Waals surface area contributed by atoms with E-state index in [0.29, 0.717) is 23.0 Å². The summed E-state index contributed by atoms with van der Waals surface area (Å²) in [5, 5.41) is 0. The van der Waals surface area contributed by atoms with Crippen LogP contribution < -0.4 is 9.47 Å². The quantitative estimate of drug-likeness (QED) is 0.572. The molecule has 1 aliphatic heterocycles. The maximum atomic E-state index is 12.4. The lowest BCUT2D eigenvalue weighted by Crippen LogP contribution is -2.38. The topological polar surface area (TPSA) is 61.8 Å². The molecule has 0 unspecified atom stereocenters. The third-order valence-corrected chi connectivity index (χ3v) is 5.43. The summed E-state index contributed by atoms with van der Waals surface area (Å²) in [5.74, 6) is 0.880. The Labute approximate surface area is 164 Å². The smallest absolute Gasteiger partial charge is 0.351 e. The predicted molar refractivity (Wildman–Crippen MR) is 104 cm³/mol. The fourth-order valence-electron chi connectivity index (χ4n) is 3.83. The molecule has 1 saturated carbocycles. The van der Waals surface area contributed by atoms with Crippen molar-refractivity contribution in [2.24, 2.45) is 0 Å². The van der Waals surface area contributed by atoms with E-state index in [4.69, 9.17) is 14.2 Å². The zero-order chi connectivity index (χ0) is 19.3. The Kier molecular flexibility index (Phi) is 5.60. The van der Waals surface area contributed by atoms with Gasteiger partial charge in [-0.05, 0) is 36.5 Å². The van der Waals surface area contributed by atoms with Crippen molar-refractivity contribution in [1.82, 2.24) is 0 Å². The van der Waals surface area contributed by atoms with Gasteiger partial charge in [-0.15, -0.1) is 0 Å². The van der Waals surface area contributed by atoms with Crippen LogP contribution in [0.15, 0.2) is 48.5 Å². The number of carbonyl (C=O) groups is 2. The number of rotatable bonds is 5. The van der Waals surface area contributed by atoms with E-state index in [1.54, 1.807) is 18.2 Å². The number of ketones is 1. The van der Waals surface area contributed by atoms with Crippen molar-refractivity contribution in [1.29, 1.82) is 0 Å². The molecule has 0 bridgehead atoms. The minimum Gasteiger partial charge on any atom is -0.485 e. The van der Waals surface area contributed by atoms with Gasteiger partial charge in [0, 0.05) is 5.56 Å². The van der Waals surface area contributed by atoms with Crippen molar-refractivity contribution in [2.45, 2.75) is 44.1 Å². The van der Waals surface area contributed by atoms with Crippen LogP contribution in [0.4, 0.5) is 0 Å². The largest absolute Gasteiger partial charge is 0.485 e. The van der Waals surface area contributed by atoms with Crippen molar-refractivity contribution in [3.05, 3.63) is 59.7 Å². The Hall–Kier alpha value is -2.82. The van der Waals surface area contributed by atoms with Gasteiger partial charge >= 0.3 is 5.97 Å². The third kappa shape index (κ3) is 4.19. The lowest BCUT2D eigenvalue weighted by molar-refractivity contribution is -0.153. The SMILES string of the molecule is O=C(COC(=O)[C@@H]1COc2ccccc2O1)c1ccc(C2CCCCC2)cc1. The molecule has 2 aliphatic rings. The van der Waals surface area contributed by atoms with Gasteiger partial charge in [0.15, 0.2) is 23.9 Å². The molecule has 0 aromatic heterocycles. The van der Waals surface area contributed by atoms with E-state index >= 15 is 0 Å². The van der Waals surface area contributed by atoms with Crippen LogP contribution in [0.5, 0.6) is 11.5 Å². The lowest BCUT2D eigenvalue weighted by Gasteiger charge is -2.24. The van der Waals surface area contributed by atoms with E-state index in [1.807, 2.05) is 30.3 Å². The second-order valence-electron chi connectivity index (χ2n) is 7.35. The summed E-state index contributed by atoms with van der Waals surface area (Å²) in [6, 6.07) is 14.9. The minimum atomic E-state index is -0.864. The first-order valence-electron chi connectivity index (χ1n) is 9.89. The van der Waals surface area contributed by atoms with Gasteiger partial charge in [-0.1, -0.05) is 55.7 Å². The Morgan fingerprint density at radius 2 is 1.64 bits per heavy atom. The number of para-hydroxylation sites is 2. The standard InChI is InChI=1S/C23H24O5/c24-19(18-12-10-17(11-13-18)16-6-2-1-3-7-16)14-27-23(25)22-15-26-20-8-4-5-9-21(20)28-22/h4-5,8-13,16,22H,1-3,6-7,14-15H2/t22-/m0/s1. The van der Waals surface area contributed by atoms with Crippen LogP contribution in [0.25, 0.3) is 0 Å². The van der Waals surface area contributed by atoms with Gasteiger partial charge in [0.2, 0.25) is 6.10 Å². The second-order valence-corrected chi connectivity index (χ2v) is 7.35. The van der Waals surface area contributed by atoms with E-state index in [2.05, 4.69) is 0 Å². The molecule has 0 amide bonds. The number of benzene rings is 2. The number of hydrogen-bond acceptors (Lipinski definition) is 5. The summed E-state index contributed by atoms with van der Waals surface area (Å²) in [5.41, 5.74) is 1.85. The van der Waals surface area contributed by atoms with Crippen molar-refractivity contribution < 1.29 is 23.8 Å². The number of fused-ring (bicyclic) bond motifs is 1. The Balaban J connectivity index is 1.30. The van der Waals surface area contributed by atoms with E-state index in [9.17, 15) is 9.59 Å². The molecule has 5 heteroatoms. The van der Waals surface area contributed by atoms with E-state index < -0.39 is 12.1 Å². The average Bonchev–Trinajstić information content (AvgIpc) is 2.77. The zero-order valence-electron chi connectivity index (χ0n) is 15.8. The molecule has 4 rings (SSSR count). The molecule has 0 N–H and O–H groups in total. The highest BCUT2D eigenvalue weighted by atomic mass is 16.6. The molecular formula is C23H24O5. The second kappa shape index (κ2) is 8.46. The summed E-state index contributed by atoms with van der Waals surface area (Å²) < 4.78 is 16.3. The van der Waals surface area contributed by atoms with Crippen molar-refractivity contribution >= 4 is 11.8 Å². The Morgan fingerprint density at radius 3 is 2.39 bits per heavy atom. The van der Waals surface area contributed by atoms with Crippen molar-refractivity contribution in [3.8, 4) is 11.5 Å². The van der Waals surface area contributed by atoms with E-state index in [1.165, 1.54) is 37.7 Å². The molecule has 0 spiro atoms. The van der Waals surface area contributed by atoms with Crippen LogP contribution in [0, 0.1) is 0 Å². The molecule has 1 aliphatic carbocycles. The van der Waals surface area contributed by atoms with Crippen LogP contribution in [-0.4, -0.2) is 31.1 Å². The minimum absolute atomic E-state index is 0.0696. The highest BCUT2D eigenvalue weighted by Gasteiger charge is 2.29. The molecule has 28 heavy (non-hydrogen) atoms. The van der Waals surface area contributed by atoms with Crippen molar-refractivity contribution in [3.63, 3.8) is 0 Å². The zero-order valence-corrected chi connectivity index (χ0v) is 15.8. The molecule has 2 aromatic carbocycles. The van der Waals surface area contributed by atoms with Gasteiger partial charge in [0.1, 0.15) is 6.61 Å². The van der Waals surface area contributed by atoms with Crippen molar-refractivity contribution in [2.75, 3.05) is 13.2 Å². The predicted octanol–water partition coefficient (Wildman–Crippen LogP) is 4.30. The van der Waals surface area contributed by atoms with Crippen LogP contribution >= 0.6 is 0 Å². The lowest BCUT2D eigenvalue weighted by atomic mass is 9.84. The Bertz CT molecular complexity index is 836. The van der Waals surface area contributed by atoms with Crippen LogP contribution in [-0.2, 0) is 9.53 Å². The van der Waals surface area contributed by atoms with Gasteiger partial charge in [-0.2, -0.15) is 0 Å². The highest BCUT2D eigenvalue weighted by molar-refractivity contribution is 5.98. The first-order chi connectivity index (χ1) is 13.7. The Morgan fingerprint density at radius 1 is 0.929 bits per heavy atom. The summed E-state index contributed by atoms with van der Waals surface area (Å²) in [6.07, 6.45) is 5.45. The molecular weight excluding hydrogens is 356 g/mol. The number of esters is 1. The monoisotopic (exact) mass is 380 g/mol. The normalized spacial score (nSPS) is 19.1. The molecule has 146 valence electrons. The first-order valence-corrected chi connectivity index (χ1v) is 9.89. The number of Topliss-reactive ketones (excluding diaryl/α,β-unsaturated/α-hetero) is 1. The fraction of sp³-hybridized carbons (Fsp3) is 0.391. The average molecular weight is 380 g/mol. The highest BCUT2D eigenvalue weighted by Crippen LogP contribution is 2.33. The van der Waals surface area contributed by atoms with Crippen LogP contribution in [0.1, 0.15) is 53.9 Å². The van der Waals surface area contributed by atoms with Crippen LogP contribution in [0.3, 0.4) is 0 Å². The molecule has 5 nitrogen and oxygen atoms in total. The molecule has 0 saturated heterocycles. The van der Waals surface area contributed by atoms with Gasteiger partial charge in [0.05, 0.1) is 0 Å². The first kappa shape index (κ1) is 18.5. The number of ether oxygens (including phenoxy) is 3. The molecule has 1 heterocycles. The van der Waals surface area contributed by atoms with Gasteiger partial charge < -0.3 is 14.2 Å². The number of hydrogen-bond donors (Lipinski definition) is 0. The van der Waals surface area contributed by atoms with Crippen LogP contribution in [0.2, 0.25) is 0 Å². The van der Waals surface area contributed by atoms with Gasteiger partial charge in [-0.25, -0.2) is 4.79 Å². The maximum absolute atomic E-state index is 12.4.